The highest BCUT2D eigenvalue weighted by Crippen LogP contribution is 2.17. The van der Waals surface area contributed by atoms with Crippen LogP contribution in [0.15, 0.2) is 72.9 Å². The minimum absolute atomic E-state index is 0.0772. The average Bonchev–Trinajstić information content (AvgIpc) is 3.36. The molecule has 1 unspecified atom stereocenters. The van der Waals surface area contributed by atoms with Crippen molar-refractivity contribution in [3.8, 4) is 0 Å². The zero-order valence-electron chi connectivity index (χ0n) is 46.3. The van der Waals surface area contributed by atoms with Crippen molar-refractivity contribution in [1.29, 1.82) is 0 Å². The molecule has 0 bridgehead atoms. The Morgan fingerprint density at radius 3 is 0.929 bits per heavy atom. The summed E-state index contributed by atoms with van der Waals surface area (Å²) in [4.78, 5) is 37.9. The number of carbonyl (C=O) groups is 3. The summed E-state index contributed by atoms with van der Waals surface area (Å²) in [5, 5.41) is 0. The Hall–Kier alpha value is -3.15. The first-order chi connectivity index (χ1) is 34.5. The van der Waals surface area contributed by atoms with E-state index in [1.54, 1.807) is 0 Å². The van der Waals surface area contributed by atoms with Gasteiger partial charge in [-0.15, -0.1) is 0 Å². The first-order valence-electron chi connectivity index (χ1n) is 29.9. The van der Waals surface area contributed by atoms with Crippen LogP contribution in [0.4, 0.5) is 0 Å². The fourth-order valence-electron chi connectivity index (χ4n) is 8.47. The molecule has 0 N–H and O–H groups in total. The molecule has 0 aliphatic heterocycles. The van der Waals surface area contributed by atoms with Crippen molar-refractivity contribution in [2.24, 2.45) is 0 Å². The molecule has 0 rings (SSSR count). The van der Waals surface area contributed by atoms with Crippen molar-refractivity contribution >= 4 is 17.9 Å². The van der Waals surface area contributed by atoms with Gasteiger partial charge in [-0.05, 0) is 83.5 Å². The van der Waals surface area contributed by atoms with Gasteiger partial charge in [-0.3, -0.25) is 14.4 Å². The standard InChI is InChI=1S/C64H112O6/c1-4-7-10-13-16-19-21-23-24-25-26-27-28-29-30-31-32-33-34-35-36-37-38-39-40-42-43-45-48-51-54-57-63(66)69-60-61(59-68-62(65)56-53-50-47-18-15-12-9-6-3)70-64(67)58-55-52-49-46-44-41-22-20-17-14-11-8-5-2/h7,10-11,14,16,19-20,22-24,26-27,61H,4-6,8-9,12-13,15,17-18,21,25,28-60H2,1-3H3/b10-7-,14-11-,19-16-,22-20-,24-23-,27-26-. The summed E-state index contributed by atoms with van der Waals surface area (Å²) in [6.45, 7) is 6.44. The van der Waals surface area contributed by atoms with E-state index in [9.17, 15) is 14.4 Å². The van der Waals surface area contributed by atoms with Crippen molar-refractivity contribution in [3.05, 3.63) is 72.9 Å². The zero-order chi connectivity index (χ0) is 50.7. The van der Waals surface area contributed by atoms with E-state index in [1.165, 1.54) is 141 Å². The summed E-state index contributed by atoms with van der Waals surface area (Å²) in [7, 11) is 0. The Bertz CT molecular complexity index is 1310. The normalized spacial score (nSPS) is 12.6. The predicted molar refractivity (Wildman–Crippen MR) is 302 cm³/mol. The van der Waals surface area contributed by atoms with Crippen LogP contribution < -0.4 is 0 Å². The topological polar surface area (TPSA) is 78.9 Å². The van der Waals surface area contributed by atoms with Crippen LogP contribution in [-0.4, -0.2) is 37.2 Å². The molecule has 0 saturated carbocycles. The van der Waals surface area contributed by atoms with Crippen molar-refractivity contribution < 1.29 is 28.6 Å². The second kappa shape index (κ2) is 58.4. The Morgan fingerprint density at radius 2 is 0.586 bits per heavy atom. The lowest BCUT2D eigenvalue weighted by Crippen LogP contribution is -2.30. The molecule has 0 aromatic rings. The fraction of sp³-hybridized carbons (Fsp3) is 0.766. The average molecular weight is 978 g/mol. The number of rotatable bonds is 54. The molecule has 0 aromatic heterocycles. The molecule has 0 spiro atoms. The monoisotopic (exact) mass is 977 g/mol. The van der Waals surface area contributed by atoms with Gasteiger partial charge in [0.2, 0.25) is 0 Å². The molecule has 0 aromatic carbocycles. The van der Waals surface area contributed by atoms with E-state index in [4.69, 9.17) is 14.2 Å². The predicted octanol–water partition coefficient (Wildman–Crippen LogP) is 20.2. The number of hydrogen-bond acceptors (Lipinski definition) is 6. The van der Waals surface area contributed by atoms with Gasteiger partial charge < -0.3 is 14.2 Å². The Kier molecular flexibility index (Phi) is 55.8. The van der Waals surface area contributed by atoms with E-state index in [1.807, 2.05) is 0 Å². The lowest BCUT2D eigenvalue weighted by Gasteiger charge is -2.18. The molecule has 0 radical (unpaired) electrons. The highest BCUT2D eigenvalue weighted by molar-refractivity contribution is 5.71. The largest absolute Gasteiger partial charge is 0.462 e. The molecule has 1 atom stereocenters. The highest BCUT2D eigenvalue weighted by atomic mass is 16.6. The third kappa shape index (κ3) is 55.8. The van der Waals surface area contributed by atoms with Gasteiger partial charge in [0, 0.05) is 19.3 Å². The van der Waals surface area contributed by atoms with Gasteiger partial charge in [-0.1, -0.05) is 267 Å². The molecule has 6 heteroatoms. The molecule has 404 valence electrons. The number of allylic oxidation sites excluding steroid dienone is 12. The van der Waals surface area contributed by atoms with Crippen molar-refractivity contribution in [1.82, 2.24) is 0 Å². The van der Waals surface area contributed by atoms with Gasteiger partial charge in [0.15, 0.2) is 6.10 Å². The van der Waals surface area contributed by atoms with Crippen LogP contribution in [0.3, 0.4) is 0 Å². The zero-order valence-corrected chi connectivity index (χ0v) is 46.3. The van der Waals surface area contributed by atoms with Crippen LogP contribution >= 0.6 is 0 Å². The first-order valence-corrected chi connectivity index (χ1v) is 29.9. The Morgan fingerprint density at radius 1 is 0.300 bits per heavy atom. The summed E-state index contributed by atoms with van der Waals surface area (Å²) in [6, 6.07) is 0. The third-order valence-corrected chi connectivity index (χ3v) is 12.9. The van der Waals surface area contributed by atoms with Gasteiger partial charge in [-0.25, -0.2) is 0 Å². The summed E-state index contributed by atoms with van der Waals surface area (Å²) in [6.07, 6.45) is 75.0. The van der Waals surface area contributed by atoms with Crippen molar-refractivity contribution in [3.63, 3.8) is 0 Å². The summed E-state index contributed by atoms with van der Waals surface area (Å²) >= 11 is 0. The van der Waals surface area contributed by atoms with Crippen LogP contribution in [0, 0.1) is 0 Å². The Labute approximate surface area is 433 Å². The van der Waals surface area contributed by atoms with Gasteiger partial charge in [-0.2, -0.15) is 0 Å². The minimum atomic E-state index is -0.777. The number of hydrogen-bond donors (Lipinski definition) is 0. The van der Waals surface area contributed by atoms with Crippen LogP contribution in [-0.2, 0) is 28.6 Å². The van der Waals surface area contributed by atoms with Crippen LogP contribution in [0.1, 0.15) is 297 Å². The first kappa shape index (κ1) is 66.9. The summed E-state index contributed by atoms with van der Waals surface area (Å²) in [5.41, 5.74) is 0. The van der Waals surface area contributed by atoms with Crippen LogP contribution in [0.2, 0.25) is 0 Å². The maximum absolute atomic E-state index is 12.8. The van der Waals surface area contributed by atoms with Crippen LogP contribution in [0.25, 0.3) is 0 Å². The quantitative estimate of drug-likeness (QED) is 0.0261. The second-order valence-corrected chi connectivity index (χ2v) is 19.9. The van der Waals surface area contributed by atoms with E-state index in [2.05, 4.69) is 93.7 Å². The maximum atomic E-state index is 12.8. The molecule has 0 aliphatic carbocycles. The lowest BCUT2D eigenvalue weighted by molar-refractivity contribution is -0.167. The minimum Gasteiger partial charge on any atom is -0.462 e. The van der Waals surface area contributed by atoms with E-state index in [-0.39, 0.29) is 31.1 Å². The van der Waals surface area contributed by atoms with Crippen molar-refractivity contribution in [2.75, 3.05) is 13.2 Å². The molecule has 0 saturated heterocycles. The summed E-state index contributed by atoms with van der Waals surface area (Å²) in [5.74, 6) is -0.886. The molecule has 6 nitrogen and oxygen atoms in total. The highest BCUT2D eigenvalue weighted by Gasteiger charge is 2.19. The third-order valence-electron chi connectivity index (χ3n) is 12.9. The van der Waals surface area contributed by atoms with Gasteiger partial charge in [0.05, 0.1) is 0 Å². The molecule has 70 heavy (non-hydrogen) atoms. The maximum Gasteiger partial charge on any atom is 0.306 e. The van der Waals surface area contributed by atoms with Gasteiger partial charge in [0.25, 0.3) is 0 Å². The lowest BCUT2D eigenvalue weighted by atomic mass is 10.0. The van der Waals surface area contributed by atoms with E-state index < -0.39 is 6.10 Å². The fourth-order valence-corrected chi connectivity index (χ4v) is 8.47. The van der Waals surface area contributed by atoms with Gasteiger partial charge >= 0.3 is 17.9 Å². The molecule has 0 fully saturated rings. The van der Waals surface area contributed by atoms with E-state index in [0.29, 0.717) is 19.3 Å². The number of esters is 3. The van der Waals surface area contributed by atoms with Crippen molar-refractivity contribution in [2.45, 2.75) is 303 Å². The van der Waals surface area contributed by atoms with Gasteiger partial charge in [0.1, 0.15) is 13.2 Å². The smallest absolute Gasteiger partial charge is 0.306 e. The molecular formula is C64H112O6. The van der Waals surface area contributed by atoms with E-state index >= 15 is 0 Å². The molecule has 0 heterocycles. The van der Waals surface area contributed by atoms with E-state index in [0.717, 1.165) is 116 Å². The second-order valence-electron chi connectivity index (χ2n) is 19.9. The summed E-state index contributed by atoms with van der Waals surface area (Å²) < 4.78 is 16.8. The number of carbonyl (C=O) groups excluding carboxylic acids is 3. The molecule has 0 aliphatic rings. The van der Waals surface area contributed by atoms with Crippen LogP contribution in [0.5, 0.6) is 0 Å². The SMILES string of the molecule is CC/C=C\C/C=C\C/C=C\C/C=C\CCCCCCCCCCCCCCCCCCCCC(=O)OCC(COC(=O)CCCCCCCCCC)OC(=O)CCCCCCC/C=C\C/C=C\CCC. The molecular weight excluding hydrogens is 865 g/mol. The molecule has 0 amide bonds. The Balaban J connectivity index is 4.03. The number of unbranched alkanes of at least 4 members (excludes halogenated alkanes) is 31. The number of ether oxygens (including phenoxy) is 3.